The fourth-order valence-corrected chi connectivity index (χ4v) is 3.85. The molecule has 1 fully saturated rings. The second kappa shape index (κ2) is 6.71. The van der Waals surface area contributed by atoms with Crippen molar-refractivity contribution in [1.29, 1.82) is 0 Å². The Bertz CT molecular complexity index is 923. The van der Waals surface area contributed by atoms with Crippen molar-refractivity contribution in [2.75, 3.05) is 19.8 Å². The third-order valence-corrected chi connectivity index (χ3v) is 5.36. The summed E-state index contributed by atoms with van der Waals surface area (Å²) in [6, 6.07) is 24.4. The van der Waals surface area contributed by atoms with Crippen molar-refractivity contribution < 1.29 is 9.47 Å². The zero-order chi connectivity index (χ0) is 17.3. The van der Waals surface area contributed by atoms with Gasteiger partial charge in [-0.05, 0) is 51.8 Å². The predicted octanol–water partition coefficient (Wildman–Crippen LogP) is 4.88. The Hall–Kier alpha value is -2.42. The molecule has 2 heteroatoms. The Morgan fingerprint density at radius 3 is 2.46 bits per heavy atom. The number of hydrogen-bond acceptors (Lipinski definition) is 2. The topological polar surface area (TPSA) is 21.8 Å². The molecule has 130 valence electrons. The minimum atomic E-state index is 0.349. The average Bonchev–Trinajstić information content (AvgIpc) is 3.44. The molecule has 0 aromatic heterocycles. The van der Waals surface area contributed by atoms with E-state index >= 15 is 0 Å². The summed E-state index contributed by atoms with van der Waals surface area (Å²) < 4.78 is 10.8. The lowest BCUT2D eigenvalue weighted by Crippen LogP contribution is -2.04. The quantitative estimate of drug-likeness (QED) is 0.368. The molecule has 0 bridgehead atoms. The molecule has 0 N–H and O–H groups in total. The van der Waals surface area contributed by atoms with E-state index in [-0.39, 0.29) is 0 Å². The molecule has 3 aromatic rings. The van der Waals surface area contributed by atoms with E-state index in [9.17, 15) is 0 Å². The smallest absolute Gasteiger partial charge is 0.104 e. The molecule has 0 spiro atoms. The zero-order valence-electron chi connectivity index (χ0n) is 14.8. The van der Waals surface area contributed by atoms with E-state index in [0.29, 0.717) is 6.10 Å². The van der Waals surface area contributed by atoms with Gasteiger partial charge in [-0.25, -0.2) is 0 Å². The molecule has 3 aromatic carbocycles. The van der Waals surface area contributed by atoms with E-state index in [1.54, 1.807) is 0 Å². The van der Waals surface area contributed by atoms with Crippen LogP contribution in [-0.4, -0.2) is 25.9 Å². The van der Waals surface area contributed by atoms with E-state index in [1.807, 2.05) is 0 Å². The minimum Gasteiger partial charge on any atom is -0.378 e. The van der Waals surface area contributed by atoms with E-state index < -0.39 is 0 Å². The minimum absolute atomic E-state index is 0.349. The highest BCUT2D eigenvalue weighted by Gasteiger charge is 2.22. The van der Waals surface area contributed by atoms with E-state index in [0.717, 1.165) is 32.7 Å². The number of hydrogen-bond donors (Lipinski definition) is 0. The highest BCUT2D eigenvalue weighted by Crippen LogP contribution is 2.41. The Kier molecular flexibility index (Phi) is 4.08. The number of fused-ring (bicyclic) bond motifs is 3. The SMILES string of the molecule is c1ccc2c(c1)Cc1c(-c3ccc(CCOCC4CO4)cc3)cccc1-2. The molecule has 1 aliphatic carbocycles. The van der Waals surface area contributed by atoms with Gasteiger partial charge < -0.3 is 9.47 Å². The fourth-order valence-electron chi connectivity index (χ4n) is 3.85. The van der Waals surface area contributed by atoms with Crippen molar-refractivity contribution in [3.63, 3.8) is 0 Å². The Labute approximate surface area is 154 Å². The maximum atomic E-state index is 5.65. The van der Waals surface area contributed by atoms with Crippen LogP contribution < -0.4 is 0 Å². The monoisotopic (exact) mass is 342 g/mol. The third-order valence-electron chi connectivity index (χ3n) is 5.36. The van der Waals surface area contributed by atoms with Gasteiger partial charge in [-0.1, -0.05) is 66.7 Å². The van der Waals surface area contributed by atoms with Gasteiger partial charge in [-0.2, -0.15) is 0 Å². The maximum Gasteiger partial charge on any atom is 0.104 e. The van der Waals surface area contributed by atoms with Gasteiger partial charge in [0.2, 0.25) is 0 Å². The second-order valence-corrected chi connectivity index (χ2v) is 7.14. The van der Waals surface area contributed by atoms with Gasteiger partial charge in [0, 0.05) is 0 Å². The van der Waals surface area contributed by atoms with Gasteiger partial charge >= 0.3 is 0 Å². The Morgan fingerprint density at radius 1 is 0.846 bits per heavy atom. The summed E-state index contributed by atoms with van der Waals surface area (Å²) in [5.74, 6) is 0. The molecular weight excluding hydrogens is 320 g/mol. The molecule has 2 aliphatic rings. The van der Waals surface area contributed by atoms with Crippen LogP contribution in [0.15, 0.2) is 66.7 Å². The van der Waals surface area contributed by atoms with Gasteiger partial charge in [0.05, 0.1) is 19.8 Å². The first-order valence-electron chi connectivity index (χ1n) is 9.37. The van der Waals surface area contributed by atoms with Gasteiger partial charge in [0.25, 0.3) is 0 Å². The first-order valence-corrected chi connectivity index (χ1v) is 9.37. The number of epoxide rings is 1. The summed E-state index contributed by atoms with van der Waals surface area (Å²) in [5.41, 5.74) is 9.63. The molecule has 0 amide bonds. The molecule has 2 nitrogen and oxygen atoms in total. The summed E-state index contributed by atoms with van der Waals surface area (Å²) in [7, 11) is 0. The first-order chi connectivity index (χ1) is 12.9. The summed E-state index contributed by atoms with van der Waals surface area (Å²) in [4.78, 5) is 0. The third kappa shape index (κ3) is 3.07. The van der Waals surface area contributed by atoms with Crippen molar-refractivity contribution in [3.8, 4) is 22.3 Å². The van der Waals surface area contributed by atoms with Gasteiger partial charge in [-0.3, -0.25) is 0 Å². The van der Waals surface area contributed by atoms with Crippen LogP contribution >= 0.6 is 0 Å². The lowest BCUT2D eigenvalue weighted by Gasteiger charge is -2.10. The molecule has 1 heterocycles. The standard InChI is InChI=1S/C24H22O2/c1-2-5-22-19(4-1)14-24-21(6-3-7-23(22)24)18-10-8-17(9-11-18)12-13-25-15-20-16-26-20/h1-11,20H,12-16H2. The fraction of sp³-hybridized carbons (Fsp3) is 0.250. The average molecular weight is 342 g/mol. The van der Waals surface area contributed by atoms with Crippen LogP contribution in [0.4, 0.5) is 0 Å². The number of rotatable bonds is 6. The van der Waals surface area contributed by atoms with Crippen LogP contribution in [0.3, 0.4) is 0 Å². The number of benzene rings is 3. The molecule has 1 saturated heterocycles. The normalized spacial score (nSPS) is 17.0. The molecule has 0 saturated carbocycles. The summed E-state index contributed by atoms with van der Waals surface area (Å²) in [5, 5.41) is 0. The van der Waals surface area contributed by atoms with Gasteiger partial charge in [0.1, 0.15) is 6.10 Å². The van der Waals surface area contributed by atoms with Crippen LogP contribution in [0.25, 0.3) is 22.3 Å². The largest absolute Gasteiger partial charge is 0.378 e. The molecule has 1 atom stereocenters. The van der Waals surface area contributed by atoms with Crippen molar-refractivity contribution >= 4 is 0 Å². The maximum absolute atomic E-state index is 5.65. The molecule has 1 unspecified atom stereocenters. The summed E-state index contributed by atoms with van der Waals surface area (Å²) in [6.07, 6.45) is 2.33. The zero-order valence-corrected chi connectivity index (χ0v) is 14.8. The molecule has 26 heavy (non-hydrogen) atoms. The van der Waals surface area contributed by atoms with Crippen molar-refractivity contribution in [3.05, 3.63) is 83.4 Å². The van der Waals surface area contributed by atoms with Crippen LogP contribution in [-0.2, 0) is 22.3 Å². The van der Waals surface area contributed by atoms with Gasteiger partial charge in [-0.15, -0.1) is 0 Å². The van der Waals surface area contributed by atoms with Crippen LogP contribution in [0, 0.1) is 0 Å². The highest BCUT2D eigenvalue weighted by molar-refractivity contribution is 5.84. The van der Waals surface area contributed by atoms with E-state index in [2.05, 4.69) is 66.7 Å². The first kappa shape index (κ1) is 15.8. The molecule has 0 radical (unpaired) electrons. The van der Waals surface area contributed by atoms with Crippen LogP contribution in [0.1, 0.15) is 16.7 Å². The van der Waals surface area contributed by atoms with Gasteiger partial charge in [0.15, 0.2) is 0 Å². The van der Waals surface area contributed by atoms with Crippen molar-refractivity contribution in [2.24, 2.45) is 0 Å². The van der Waals surface area contributed by atoms with Crippen molar-refractivity contribution in [2.45, 2.75) is 18.9 Å². The Morgan fingerprint density at radius 2 is 1.62 bits per heavy atom. The predicted molar refractivity (Wildman–Crippen MR) is 104 cm³/mol. The Balaban J connectivity index is 1.34. The summed E-state index contributed by atoms with van der Waals surface area (Å²) >= 11 is 0. The summed E-state index contributed by atoms with van der Waals surface area (Å²) in [6.45, 7) is 2.35. The highest BCUT2D eigenvalue weighted by atomic mass is 16.6. The van der Waals surface area contributed by atoms with Crippen LogP contribution in [0.2, 0.25) is 0 Å². The van der Waals surface area contributed by atoms with E-state index in [4.69, 9.17) is 9.47 Å². The second-order valence-electron chi connectivity index (χ2n) is 7.14. The van der Waals surface area contributed by atoms with E-state index in [1.165, 1.54) is 38.9 Å². The molecule has 5 rings (SSSR count). The molecule has 1 aliphatic heterocycles. The van der Waals surface area contributed by atoms with Crippen LogP contribution in [0.5, 0.6) is 0 Å². The molecular formula is C24H22O2. The lowest BCUT2D eigenvalue weighted by molar-refractivity contribution is 0.119. The lowest BCUT2D eigenvalue weighted by atomic mass is 9.95. The van der Waals surface area contributed by atoms with Crippen molar-refractivity contribution in [1.82, 2.24) is 0 Å². The number of ether oxygens (including phenoxy) is 2.